The molecule has 2 N–H and O–H groups in total. The normalized spacial score (nSPS) is 12.4. The van der Waals surface area contributed by atoms with E-state index in [1.165, 1.54) is 12.1 Å². The molecule has 0 bridgehead atoms. The Bertz CT molecular complexity index is 292. The maximum atomic E-state index is 12.6. The van der Waals surface area contributed by atoms with Crippen LogP contribution >= 0.6 is 12.6 Å². The van der Waals surface area contributed by atoms with Crippen LogP contribution in [0.15, 0.2) is 24.3 Å². The predicted octanol–water partition coefficient (Wildman–Crippen LogP) is 2.63. The van der Waals surface area contributed by atoms with Crippen LogP contribution < -0.4 is 10.5 Å². The van der Waals surface area contributed by atoms with Crippen LogP contribution in [0.3, 0.4) is 0 Å². The van der Waals surface area contributed by atoms with E-state index >= 15 is 0 Å². The standard InChI is InChI=1S/C12H18FNOS/c13-10-4-6-12(7-5-10)15-8-2-1-3-11(14)9-16/h4-7,11,16H,1-3,8-9,14H2/t11-/m0/s1. The Morgan fingerprint density at radius 3 is 2.56 bits per heavy atom. The van der Waals surface area contributed by atoms with Gasteiger partial charge in [-0.05, 0) is 43.5 Å². The lowest BCUT2D eigenvalue weighted by Crippen LogP contribution is -2.21. The molecule has 0 saturated heterocycles. The van der Waals surface area contributed by atoms with Gasteiger partial charge in [0.25, 0.3) is 0 Å². The van der Waals surface area contributed by atoms with Crippen LogP contribution in [0.4, 0.5) is 4.39 Å². The quantitative estimate of drug-likeness (QED) is 0.570. The second-order valence-corrected chi connectivity index (χ2v) is 4.11. The van der Waals surface area contributed by atoms with Crippen molar-refractivity contribution < 1.29 is 9.13 Å². The van der Waals surface area contributed by atoms with Gasteiger partial charge in [-0.25, -0.2) is 4.39 Å². The van der Waals surface area contributed by atoms with Gasteiger partial charge < -0.3 is 10.5 Å². The van der Waals surface area contributed by atoms with E-state index in [1.54, 1.807) is 12.1 Å². The summed E-state index contributed by atoms with van der Waals surface area (Å²) in [6.07, 6.45) is 2.96. The zero-order valence-electron chi connectivity index (χ0n) is 9.23. The highest BCUT2D eigenvalue weighted by molar-refractivity contribution is 7.80. The van der Waals surface area contributed by atoms with E-state index in [-0.39, 0.29) is 11.9 Å². The number of ether oxygens (including phenoxy) is 1. The topological polar surface area (TPSA) is 35.2 Å². The second kappa shape index (κ2) is 7.52. The Morgan fingerprint density at radius 2 is 1.94 bits per heavy atom. The van der Waals surface area contributed by atoms with Crippen LogP contribution in [0, 0.1) is 5.82 Å². The van der Waals surface area contributed by atoms with Crippen molar-refractivity contribution in [3.05, 3.63) is 30.1 Å². The van der Waals surface area contributed by atoms with Gasteiger partial charge in [-0.3, -0.25) is 0 Å². The number of benzene rings is 1. The van der Waals surface area contributed by atoms with E-state index in [0.717, 1.165) is 25.0 Å². The Hall–Kier alpha value is -0.740. The van der Waals surface area contributed by atoms with Crippen LogP contribution in [-0.4, -0.2) is 18.4 Å². The lowest BCUT2D eigenvalue weighted by molar-refractivity contribution is 0.303. The summed E-state index contributed by atoms with van der Waals surface area (Å²) in [5, 5.41) is 0. The molecule has 0 radical (unpaired) electrons. The molecule has 1 atom stereocenters. The number of halogens is 1. The molecule has 0 saturated carbocycles. The van der Waals surface area contributed by atoms with E-state index in [0.29, 0.717) is 12.4 Å². The highest BCUT2D eigenvalue weighted by Crippen LogP contribution is 2.11. The van der Waals surface area contributed by atoms with Crippen molar-refractivity contribution in [3.63, 3.8) is 0 Å². The van der Waals surface area contributed by atoms with Crippen molar-refractivity contribution in [2.45, 2.75) is 25.3 Å². The minimum atomic E-state index is -0.243. The number of hydrogen-bond donors (Lipinski definition) is 2. The van der Waals surface area contributed by atoms with Gasteiger partial charge in [0, 0.05) is 11.8 Å². The molecule has 16 heavy (non-hydrogen) atoms. The van der Waals surface area contributed by atoms with Gasteiger partial charge in [0.15, 0.2) is 0 Å². The summed E-state index contributed by atoms with van der Waals surface area (Å²) >= 11 is 4.12. The largest absolute Gasteiger partial charge is 0.494 e. The molecule has 0 spiro atoms. The molecule has 0 aliphatic heterocycles. The van der Waals surface area contributed by atoms with Gasteiger partial charge >= 0.3 is 0 Å². The lowest BCUT2D eigenvalue weighted by atomic mass is 10.1. The van der Waals surface area contributed by atoms with E-state index in [2.05, 4.69) is 12.6 Å². The molecule has 0 heterocycles. The molecule has 90 valence electrons. The maximum Gasteiger partial charge on any atom is 0.123 e. The Labute approximate surface area is 101 Å². The molecular formula is C12H18FNOS. The van der Waals surface area contributed by atoms with E-state index in [4.69, 9.17) is 10.5 Å². The van der Waals surface area contributed by atoms with Crippen LogP contribution in [0.25, 0.3) is 0 Å². The minimum absolute atomic E-state index is 0.175. The zero-order valence-corrected chi connectivity index (χ0v) is 10.1. The van der Waals surface area contributed by atoms with Crippen LogP contribution in [0.5, 0.6) is 5.75 Å². The maximum absolute atomic E-state index is 12.6. The van der Waals surface area contributed by atoms with E-state index < -0.39 is 0 Å². The average molecular weight is 243 g/mol. The molecule has 0 aliphatic rings. The van der Waals surface area contributed by atoms with Gasteiger partial charge in [-0.1, -0.05) is 0 Å². The fourth-order valence-electron chi connectivity index (χ4n) is 1.32. The average Bonchev–Trinajstić information content (AvgIpc) is 2.31. The van der Waals surface area contributed by atoms with Gasteiger partial charge in [-0.2, -0.15) is 12.6 Å². The summed E-state index contributed by atoms with van der Waals surface area (Å²) in [4.78, 5) is 0. The Morgan fingerprint density at radius 1 is 1.25 bits per heavy atom. The molecule has 4 heteroatoms. The summed E-state index contributed by atoms with van der Waals surface area (Å²) in [5.41, 5.74) is 5.72. The van der Waals surface area contributed by atoms with Crippen LogP contribution in [0.1, 0.15) is 19.3 Å². The first kappa shape index (κ1) is 13.3. The fraction of sp³-hybridized carbons (Fsp3) is 0.500. The Kier molecular flexibility index (Phi) is 6.26. The van der Waals surface area contributed by atoms with Crippen molar-refractivity contribution in [2.75, 3.05) is 12.4 Å². The van der Waals surface area contributed by atoms with Crippen molar-refractivity contribution >= 4 is 12.6 Å². The zero-order chi connectivity index (χ0) is 11.8. The minimum Gasteiger partial charge on any atom is -0.494 e. The SMILES string of the molecule is N[C@H](CS)CCCCOc1ccc(F)cc1. The van der Waals surface area contributed by atoms with Crippen LogP contribution in [-0.2, 0) is 0 Å². The number of nitrogens with two attached hydrogens (primary N) is 1. The molecule has 0 unspecified atom stereocenters. The van der Waals surface area contributed by atoms with Gasteiger partial charge in [-0.15, -0.1) is 0 Å². The third kappa shape index (κ3) is 5.37. The number of hydrogen-bond acceptors (Lipinski definition) is 3. The third-order valence-corrected chi connectivity index (χ3v) is 2.76. The monoisotopic (exact) mass is 243 g/mol. The van der Waals surface area contributed by atoms with E-state index in [9.17, 15) is 4.39 Å². The molecule has 0 amide bonds. The smallest absolute Gasteiger partial charge is 0.123 e. The Balaban J connectivity index is 2.09. The summed E-state index contributed by atoms with van der Waals surface area (Å²) in [7, 11) is 0. The predicted molar refractivity (Wildman–Crippen MR) is 67.6 cm³/mol. The first-order valence-electron chi connectivity index (χ1n) is 5.47. The first-order valence-corrected chi connectivity index (χ1v) is 6.10. The molecule has 1 rings (SSSR count). The molecule has 0 fully saturated rings. The summed E-state index contributed by atoms with van der Waals surface area (Å²) in [6.45, 7) is 0.644. The molecular weight excluding hydrogens is 225 g/mol. The molecule has 0 aliphatic carbocycles. The van der Waals surface area contributed by atoms with Crippen LogP contribution in [0.2, 0.25) is 0 Å². The highest BCUT2D eigenvalue weighted by Gasteiger charge is 1.99. The van der Waals surface area contributed by atoms with Crippen molar-refractivity contribution in [3.8, 4) is 5.75 Å². The third-order valence-electron chi connectivity index (χ3n) is 2.29. The van der Waals surface area contributed by atoms with Gasteiger partial charge in [0.1, 0.15) is 11.6 Å². The molecule has 1 aromatic rings. The number of rotatable bonds is 7. The fourth-order valence-corrected chi connectivity index (χ4v) is 1.50. The van der Waals surface area contributed by atoms with Gasteiger partial charge in [0.05, 0.1) is 6.61 Å². The summed E-state index contributed by atoms with van der Waals surface area (Å²) in [5.74, 6) is 1.19. The van der Waals surface area contributed by atoms with Gasteiger partial charge in [0.2, 0.25) is 0 Å². The van der Waals surface area contributed by atoms with Crippen molar-refractivity contribution in [1.82, 2.24) is 0 Å². The molecule has 2 nitrogen and oxygen atoms in total. The van der Waals surface area contributed by atoms with Crippen molar-refractivity contribution in [1.29, 1.82) is 0 Å². The first-order chi connectivity index (χ1) is 7.72. The molecule has 1 aromatic carbocycles. The molecule has 0 aromatic heterocycles. The number of thiol groups is 1. The number of unbranched alkanes of at least 4 members (excludes halogenated alkanes) is 1. The summed E-state index contributed by atoms with van der Waals surface area (Å²) in [6, 6.07) is 6.23. The lowest BCUT2D eigenvalue weighted by Gasteiger charge is -2.08. The highest BCUT2D eigenvalue weighted by atomic mass is 32.1. The summed E-state index contributed by atoms with van der Waals surface area (Å²) < 4.78 is 18.0. The van der Waals surface area contributed by atoms with E-state index in [1.807, 2.05) is 0 Å². The second-order valence-electron chi connectivity index (χ2n) is 3.74. The van der Waals surface area contributed by atoms with Crippen molar-refractivity contribution in [2.24, 2.45) is 5.73 Å².